The van der Waals surface area contributed by atoms with Gasteiger partial charge in [-0.05, 0) is 77.7 Å². The topological polar surface area (TPSA) is 138 Å². The number of aliphatic hydroxyl groups is 1. The molecule has 0 aromatic carbocycles. The van der Waals surface area contributed by atoms with Gasteiger partial charge in [0.1, 0.15) is 6.61 Å². The maximum Gasteiger partial charge on any atom is 0.407 e. The number of hydrogen-bond acceptors (Lipinski definition) is 7. The Morgan fingerprint density at radius 3 is 1.52 bits per heavy atom. The lowest BCUT2D eigenvalue weighted by Crippen LogP contribution is -2.46. The zero-order valence-electron chi connectivity index (χ0n) is 35.7. The van der Waals surface area contributed by atoms with E-state index in [-0.39, 0.29) is 12.5 Å². The smallest absolute Gasteiger partial charge is 0.407 e. The Bertz CT molecular complexity index is 815. The summed E-state index contributed by atoms with van der Waals surface area (Å²) in [5.74, 6) is -0.0951. The van der Waals surface area contributed by atoms with Crippen LogP contribution in [0.1, 0.15) is 206 Å². The molecule has 0 bridgehead atoms. The second-order valence-corrected chi connectivity index (χ2v) is 15.6. The maximum atomic E-state index is 12.9. The molecule has 2 atom stereocenters. The first-order valence-electron chi connectivity index (χ1n) is 23.2. The number of alkyl carbamates (subject to hydrolysis) is 1. The van der Waals surface area contributed by atoms with Crippen molar-refractivity contribution in [2.45, 2.75) is 219 Å². The third-order valence-corrected chi connectivity index (χ3v) is 10.3. The number of carbonyl (C=O) groups is 2. The molecule has 0 fully saturated rings. The molecule has 7 N–H and O–H groups in total. The van der Waals surface area contributed by atoms with Crippen molar-refractivity contribution in [1.82, 2.24) is 21.3 Å². The minimum absolute atomic E-state index is 0.0717. The van der Waals surface area contributed by atoms with E-state index >= 15 is 0 Å². The minimum Gasteiger partial charge on any atom is -0.447 e. The van der Waals surface area contributed by atoms with Gasteiger partial charge in [-0.1, -0.05) is 167 Å². The highest BCUT2D eigenvalue weighted by Gasteiger charge is 2.21. The average molecular weight is 766 g/mol. The summed E-state index contributed by atoms with van der Waals surface area (Å²) in [5.41, 5.74) is 5.51. The van der Waals surface area contributed by atoms with Gasteiger partial charge < -0.3 is 36.8 Å². The summed E-state index contributed by atoms with van der Waals surface area (Å²) in [6.45, 7) is 9.46. The number of nitrogens with two attached hydrogens (primary N) is 1. The van der Waals surface area contributed by atoms with Gasteiger partial charge in [-0.25, -0.2) is 4.79 Å². The molecule has 0 aromatic heterocycles. The van der Waals surface area contributed by atoms with Gasteiger partial charge in [0.2, 0.25) is 5.91 Å². The number of ether oxygens (including phenoxy) is 1. The zero-order chi connectivity index (χ0) is 39.4. The van der Waals surface area contributed by atoms with Crippen LogP contribution in [0.3, 0.4) is 0 Å². The van der Waals surface area contributed by atoms with E-state index in [0.717, 1.165) is 90.5 Å². The summed E-state index contributed by atoms with van der Waals surface area (Å²) in [6, 6.07) is -0.676. The fourth-order valence-corrected chi connectivity index (χ4v) is 6.70. The fourth-order valence-electron chi connectivity index (χ4n) is 6.70. The van der Waals surface area contributed by atoms with Gasteiger partial charge in [-0.15, -0.1) is 0 Å². The van der Waals surface area contributed by atoms with E-state index in [4.69, 9.17) is 10.5 Å². The Morgan fingerprint density at radius 2 is 1.02 bits per heavy atom. The standard InChI is InChI=1S/C45H91N5O4/c1-3-5-7-9-11-13-15-17-19-21-23-25-27-33-43(51)42(41-54-45(53)49-40-32-39-48-37-30-29-36-47-38-31-35-46)50-44(52)34-28-26-24-22-20-18-16-14-12-10-8-6-4-2/h27,33,42-43,47-48,51H,3-26,28-32,34-41,46H2,1-2H3,(H,49,53)(H,50,52)/t42-,43+/m0/s1. The molecule has 320 valence electrons. The maximum absolute atomic E-state index is 12.9. The number of aliphatic hydroxyl groups excluding tert-OH is 1. The normalized spacial score (nSPS) is 12.7. The van der Waals surface area contributed by atoms with Gasteiger partial charge in [0.15, 0.2) is 0 Å². The van der Waals surface area contributed by atoms with Gasteiger partial charge in [0.05, 0.1) is 12.1 Å². The van der Waals surface area contributed by atoms with Crippen LogP contribution in [-0.2, 0) is 9.53 Å². The van der Waals surface area contributed by atoms with Crippen LogP contribution in [0.5, 0.6) is 0 Å². The molecular formula is C45H91N5O4. The number of allylic oxidation sites excluding steroid dienone is 1. The fraction of sp³-hybridized carbons (Fsp3) is 0.911. The van der Waals surface area contributed by atoms with Crippen LogP contribution in [0.4, 0.5) is 4.79 Å². The highest BCUT2D eigenvalue weighted by molar-refractivity contribution is 5.76. The molecule has 9 nitrogen and oxygen atoms in total. The molecule has 0 rings (SSSR count). The number of hydrogen-bond donors (Lipinski definition) is 6. The van der Waals surface area contributed by atoms with E-state index in [1.54, 1.807) is 6.08 Å². The first-order chi connectivity index (χ1) is 26.5. The lowest BCUT2D eigenvalue weighted by molar-refractivity contribution is -0.123. The largest absolute Gasteiger partial charge is 0.447 e. The number of carbonyl (C=O) groups excluding carboxylic acids is 2. The Balaban J connectivity index is 4.40. The van der Waals surface area contributed by atoms with Crippen molar-refractivity contribution in [3.05, 3.63) is 12.2 Å². The number of amides is 2. The van der Waals surface area contributed by atoms with Crippen molar-refractivity contribution in [1.29, 1.82) is 0 Å². The van der Waals surface area contributed by atoms with Crippen molar-refractivity contribution in [2.24, 2.45) is 5.73 Å². The van der Waals surface area contributed by atoms with Crippen LogP contribution in [-0.4, -0.2) is 75.1 Å². The molecule has 0 aliphatic rings. The summed E-state index contributed by atoms with van der Waals surface area (Å²) in [4.78, 5) is 25.3. The van der Waals surface area contributed by atoms with E-state index in [0.29, 0.717) is 13.0 Å². The van der Waals surface area contributed by atoms with Crippen LogP contribution in [0.15, 0.2) is 12.2 Å². The van der Waals surface area contributed by atoms with E-state index in [1.807, 2.05) is 6.08 Å². The van der Waals surface area contributed by atoms with Gasteiger partial charge in [0, 0.05) is 13.0 Å². The van der Waals surface area contributed by atoms with Gasteiger partial charge >= 0.3 is 6.09 Å². The molecule has 0 aliphatic heterocycles. The highest BCUT2D eigenvalue weighted by Crippen LogP contribution is 2.14. The van der Waals surface area contributed by atoms with Crippen LogP contribution in [0.25, 0.3) is 0 Å². The van der Waals surface area contributed by atoms with Crippen LogP contribution in [0.2, 0.25) is 0 Å². The molecule has 0 unspecified atom stereocenters. The molecular weight excluding hydrogens is 675 g/mol. The molecule has 9 heteroatoms. The molecule has 0 heterocycles. The molecule has 0 spiro atoms. The summed E-state index contributed by atoms with van der Waals surface area (Å²) >= 11 is 0. The highest BCUT2D eigenvalue weighted by atomic mass is 16.5. The summed E-state index contributed by atoms with van der Waals surface area (Å²) < 4.78 is 5.47. The summed E-state index contributed by atoms with van der Waals surface area (Å²) in [7, 11) is 0. The van der Waals surface area contributed by atoms with Gasteiger partial charge in [-0.3, -0.25) is 4.79 Å². The summed E-state index contributed by atoms with van der Waals surface area (Å²) in [6.07, 6.45) is 38.4. The lowest BCUT2D eigenvalue weighted by Gasteiger charge is -2.22. The van der Waals surface area contributed by atoms with Crippen molar-refractivity contribution in [2.75, 3.05) is 45.9 Å². The van der Waals surface area contributed by atoms with Crippen molar-refractivity contribution >= 4 is 12.0 Å². The number of rotatable bonds is 43. The Morgan fingerprint density at radius 1 is 0.574 bits per heavy atom. The predicted molar refractivity (Wildman–Crippen MR) is 231 cm³/mol. The third-order valence-electron chi connectivity index (χ3n) is 10.3. The second kappa shape index (κ2) is 44.0. The van der Waals surface area contributed by atoms with Gasteiger partial charge in [-0.2, -0.15) is 0 Å². The number of unbranched alkanes of at least 4 members (excludes halogenated alkanes) is 24. The van der Waals surface area contributed by atoms with Crippen LogP contribution in [0, 0.1) is 0 Å². The molecule has 0 aromatic rings. The monoisotopic (exact) mass is 766 g/mol. The Hall–Kier alpha value is -1.68. The van der Waals surface area contributed by atoms with E-state index in [2.05, 4.69) is 35.1 Å². The van der Waals surface area contributed by atoms with Gasteiger partial charge in [0.25, 0.3) is 0 Å². The minimum atomic E-state index is -0.916. The van der Waals surface area contributed by atoms with Crippen molar-refractivity contribution in [3.8, 4) is 0 Å². The second-order valence-electron chi connectivity index (χ2n) is 15.6. The molecule has 0 radical (unpaired) electrons. The molecule has 54 heavy (non-hydrogen) atoms. The number of nitrogens with one attached hydrogen (secondary N) is 4. The Kier molecular flexibility index (Phi) is 42.7. The predicted octanol–water partition coefficient (Wildman–Crippen LogP) is 10.00. The average Bonchev–Trinajstić information content (AvgIpc) is 3.17. The zero-order valence-corrected chi connectivity index (χ0v) is 35.7. The first kappa shape index (κ1) is 52.3. The molecule has 0 saturated carbocycles. The lowest BCUT2D eigenvalue weighted by atomic mass is 10.0. The van der Waals surface area contributed by atoms with E-state index in [1.165, 1.54) is 128 Å². The van der Waals surface area contributed by atoms with E-state index < -0.39 is 18.2 Å². The van der Waals surface area contributed by atoms with Crippen molar-refractivity contribution < 1.29 is 19.4 Å². The molecule has 0 aliphatic carbocycles. The third kappa shape index (κ3) is 40.0. The Labute approximate surface area is 334 Å². The quantitative estimate of drug-likeness (QED) is 0.0269. The molecule has 2 amide bonds. The van der Waals surface area contributed by atoms with Crippen molar-refractivity contribution in [3.63, 3.8) is 0 Å². The van der Waals surface area contributed by atoms with Crippen LogP contribution < -0.4 is 27.0 Å². The molecule has 0 saturated heterocycles. The summed E-state index contributed by atoms with van der Waals surface area (Å²) in [5, 5.41) is 23.6. The first-order valence-corrected chi connectivity index (χ1v) is 23.2. The SMILES string of the molecule is CCCCCCCCCCCCCC=C[C@@H](O)[C@H](COC(=O)NCCCNCCCCNCCCN)NC(=O)CCCCCCCCCCCCCCC. The van der Waals surface area contributed by atoms with Crippen LogP contribution >= 0.6 is 0 Å². The van der Waals surface area contributed by atoms with E-state index in [9.17, 15) is 14.7 Å².